The molecule has 0 bridgehead atoms. The molecule has 0 aliphatic carbocycles. The lowest BCUT2D eigenvalue weighted by Crippen LogP contribution is -2.59. The zero-order valence-electron chi connectivity index (χ0n) is 16.5. The zero-order chi connectivity index (χ0) is 21.5. The molecule has 0 radical (unpaired) electrons. The summed E-state index contributed by atoms with van der Waals surface area (Å²) in [4.78, 5) is 46.1. The fourth-order valence-corrected chi connectivity index (χ4v) is 2.47. The summed E-state index contributed by atoms with van der Waals surface area (Å²) < 4.78 is 15.2. The predicted octanol–water partition coefficient (Wildman–Crippen LogP) is 1.81. The van der Waals surface area contributed by atoms with E-state index >= 15 is 0 Å². The van der Waals surface area contributed by atoms with Gasteiger partial charge in [0, 0.05) is 33.2 Å². The van der Waals surface area contributed by atoms with Crippen molar-refractivity contribution in [2.45, 2.75) is 59.2 Å². The van der Waals surface area contributed by atoms with Gasteiger partial charge in [-0.3, -0.25) is 19.7 Å². The van der Waals surface area contributed by atoms with Crippen molar-refractivity contribution >= 4 is 23.9 Å². The lowest BCUT2D eigenvalue weighted by Gasteiger charge is -2.32. The predicted molar refractivity (Wildman–Crippen MR) is 97.8 cm³/mol. The molecule has 2 N–H and O–H groups in total. The van der Waals surface area contributed by atoms with Crippen molar-refractivity contribution in [1.82, 2.24) is 5.32 Å². The van der Waals surface area contributed by atoms with Gasteiger partial charge >= 0.3 is 23.9 Å². The highest BCUT2D eigenvalue weighted by Gasteiger charge is 2.43. The normalized spacial score (nSPS) is 13.8. The van der Waals surface area contributed by atoms with Gasteiger partial charge < -0.3 is 19.3 Å². The lowest BCUT2D eigenvalue weighted by molar-refractivity contribution is -0.183. The second kappa shape index (κ2) is 9.84. The molecule has 154 valence electrons. The molecule has 0 saturated heterocycles. The summed E-state index contributed by atoms with van der Waals surface area (Å²) in [6.07, 6.45) is 0.348. The number of aliphatic carboxylic acids is 1. The molecular formula is C19H25NO8. The highest BCUT2D eigenvalue weighted by Crippen LogP contribution is 2.31. The number of hydrogen-bond acceptors (Lipinski definition) is 8. The van der Waals surface area contributed by atoms with Crippen molar-refractivity contribution in [3.8, 4) is 11.5 Å². The molecule has 1 aromatic carbocycles. The zero-order valence-corrected chi connectivity index (χ0v) is 16.5. The summed E-state index contributed by atoms with van der Waals surface area (Å²) in [5.41, 5.74) is -1.64. The molecule has 0 aromatic heterocycles. The van der Waals surface area contributed by atoms with Crippen LogP contribution in [0.3, 0.4) is 0 Å². The maximum atomic E-state index is 12.0. The molecule has 1 rings (SSSR count). The molecule has 0 saturated carbocycles. The van der Waals surface area contributed by atoms with Crippen molar-refractivity contribution in [3.63, 3.8) is 0 Å². The molecule has 28 heavy (non-hydrogen) atoms. The number of carbonyl (C=O) groups excluding carboxylic acids is 3. The largest absolute Gasteiger partial charge is 0.477 e. The third-order valence-corrected chi connectivity index (χ3v) is 3.72. The van der Waals surface area contributed by atoms with E-state index in [-0.39, 0.29) is 24.0 Å². The second-order valence-corrected chi connectivity index (χ2v) is 6.32. The molecule has 0 spiro atoms. The summed E-state index contributed by atoms with van der Waals surface area (Å²) in [7, 11) is 0. The minimum atomic E-state index is -2.02. The van der Waals surface area contributed by atoms with Gasteiger partial charge in [0.25, 0.3) is 5.72 Å². The third kappa shape index (κ3) is 6.66. The topological polar surface area (TPSA) is 128 Å². The Bertz CT molecular complexity index is 760. The van der Waals surface area contributed by atoms with Crippen LogP contribution in [0.5, 0.6) is 11.5 Å². The van der Waals surface area contributed by atoms with E-state index in [1.165, 1.54) is 32.0 Å². The van der Waals surface area contributed by atoms with Crippen molar-refractivity contribution in [2.75, 3.05) is 0 Å². The van der Waals surface area contributed by atoms with Gasteiger partial charge in [-0.1, -0.05) is 13.0 Å². The van der Waals surface area contributed by atoms with Gasteiger partial charge in [-0.05, 0) is 31.0 Å². The SMILES string of the molecule is CCC(C)N[C@@](Cc1ccc(OC(C)=O)c(OC(C)=O)c1)(OC(C)=O)C(=O)O. The number of carboxylic acid groups (broad SMARTS) is 1. The molecule has 0 aliphatic rings. The van der Waals surface area contributed by atoms with Crippen LogP contribution in [0, 0.1) is 0 Å². The Morgan fingerprint density at radius 2 is 1.61 bits per heavy atom. The van der Waals surface area contributed by atoms with Crippen LogP contribution in [0.4, 0.5) is 0 Å². The minimum absolute atomic E-state index is 0.00902. The number of carbonyl (C=O) groups is 4. The summed E-state index contributed by atoms with van der Waals surface area (Å²) in [6.45, 7) is 7.09. The highest BCUT2D eigenvalue weighted by molar-refractivity contribution is 5.81. The Hall–Kier alpha value is -2.94. The standard InChI is InChI=1S/C19H25NO8/c1-6-11(2)20-19(18(24)25,28-14(5)23)10-15-7-8-16(26-12(3)21)17(9-15)27-13(4)22/h7-9,11,20H,6,10H2,1-5H3,(H,24,25)/t11?,19-/m0/s1. The Balaban J connectivity index is 3.36. The van der Waals surface area contributed by atoms with Gasteiger partial charge in [0.15, 0.2) is 11.5 Å². The van der Waals surface area contributed by atoms with E-state index in [2.05, 4.69) is 5.32 Å². The molecular weight excluding hydrogens is 370 g/mol. The number of ether oxygens (including phenoxy) is 3. The van der Waals surface area contributed by atoms with E-state index in [1.54, 1.807) is 6.92 Å². The third-order valence-electron chi connectivity index (χ3n) is 3.72. The first kappa shape index (κ1) is 23.1. The number of hydrogen-bond donors (Lipinski definition) is 2. The summed E-state index contributed by atoms with van der Waals surface area (Å²) >= 11 is 0. The molecule has 9 nitrogen and oxygen atoms in total. The van der Waals surface area contributed by atoms with Gasteiger partial charge in [0.1, 0.15) is 0 Å². The monoisotopic (exact) mass is 395 g/mol. The van der Waals surface area contributed by atoms with Gasteiger partial charge in [-0.2, -0.15) is 0 Å². The van der Waals surface area contributed by atoms with Gasteiger partial charge in [-0.15, -0.1) is 0 Å². The smallest absolute Gasteiger partial charge is 0.364 e. The Morgan fingerprint density at radius 1 is 1.04 bits per heavy atom. The molecule has 0 heterocycles. The van der Waals surface area contributed by atoms with E-state index < -0.39 is 29.6 Å². The van der Waals surface area contributed by atoms with E-state index in [0.29, 0.717) is 12.0 Å². The summed E-state index contributed by atoms with van der Waals surface area (Å²) in [5.74, 6) is -3.44. The van der Waals surface area contributed by atoms with Crippen LogP contribution < -0.4 is 14.8 Å². The van der Waals surface area contributed by atoms with Crippen LogP contribution in [-0.4, -0.2) is 40.8 Å². The van der Waals surface area contributed by atoms with Gasteiger partial charge in [0.2, 0.25) is 0 Å². The molecule has 0 amide bonds. The van der Waals surface area contributed by atoms with Crippen molar-refractivity contribution in [3.05, 3.63) is 23.8 Å². The molecule has 0 fully saturated rings. The van der Waals surface area contributed by atoms with Crippen molar-refractivity contribution in [1.29, 1.82) is 0 Å². The first-order chi connectivity index (χ1) is 13.0. The fraction of sp³-hybridized carbons (Fsp3) is 0.474. The Kier molecular flexibility index (Phi) is 8.12. The molecule has 9 heteroatoms. The quantitative estimate of drug-likeness (QED) is 0.365. The molecule has 1 unspecified atom stereocenters. The highest BCUT2D eigenvalue weighted by atomic mass is 16.6. The average molecular weight is 395 g/mol. The van der Waals surface area contributed by atoms with Crippen molar-refractivity contribution in [2.24, 2.45) is 0 Å². The van der Waals surface area contributed by atoms with Crippen LogP contribution >= 0.6 is 0 Å². The van der Waals surface area contributed by atoms with Crippen LogP contribution in [0.2, 0.25) is 0 Å². The minimum Gasteiger partial charge on any atom is -0.477 e. The van der Waals surface area contributed by atoms with Gasteiger partial charge in [-0.25, -0.2) is 4.79 Å². The van der Waals surface area contributed by atoms with Crippen LogP contribution in [0.1, 0.15) is 46.6 Å². The average Bonchev–Trinajstić information content (AvgIpc) is 2.55. The first-order valence-corrected chi connectivity index (χ1v) is 8.69. The van der Waals surface area contributed by atoms with E-state index in [4.69, 9.17) is 14.2 Å². The number of carboxylic acids is 1. The van der Waals surface area contributed by atoms with E-state index in [0.717, 1.165) is 6.92 Å². The molecule has 1 aromatic rings. The number of nitrogens with one attached hydrogen (secondary N) is 1. The number of benzene rings is 1. The van der Waals surface area contributed by atoms with Gasteiger partial charge in [0.05, 0.1) is 0 Å². The molecule has 2 atom stereocenters. The maximum absolute atomic E-state index is 12.0. The number of rotatable bonds is 9. The summed E-state index contributed by atoms with van der Waals surface area (Å²) in [5, 5.41) is 12.6. The fourth-order valence-electron chi connectivity index (χ4n) is 2.47. The lowest BCUT2D eigenvalue weighted by atomic mass is 10.00. The Labute approximate surface area is 163 Å². The number of esters is 3. The first-order valence-electron chi connectivity index (χ1n) is 8.69. The second-order valence-electron chi connectivity index (χ2n) is 6.32. The van der Waals surface area contributed by atoms with Crippen LogP contribution in [0.25, 0.3) is 0 Å². The van der Waals surface area contributed by atoms with Crippen LogP contribution in [0.15, 0.2) is 18.2 Å². The van der Waals surface area contributed by atoms with Crippen LogP contribution in [-0.2, 0) is 30.3 Å². The molecule has 0 aliphatic heterocycles. The summed E-state index contributed by atoms with van der Waals surface area (Å²) in [6, 6.07) is 3.96. The van der Waals surface area contributed by atoms with Crippen molar-refractivity contribution < 1.29 is 38.5 Å². The van der Waals surface area contributed by atoms with E-state index in [9.17, 15) is 24.3 Å². The Morgan fingerprint density at radius 3 is 2.07 bits per heavy atom. The van der Waals surface area contributed by atoms with E-state index in [1.807, 2.05) is 6.92 Å². The maximum Gasteiger partial charge on any atom is 0.364 e.